The van der Waals surface area contributed by atoms with Gasteiger partial charge in [-0.25, -0.2) is 0 Å². The first-order valence-electron chi connectivity index (χ1n) is 7.92. The van der Waals surface area contributed by atoms with Crippen molar-refractivity contribution in [2.75, 3.05) is 20.6 Å². The first-order chi connectivity index (χ1) is 10.6. The number of ketones is 1. The highest BCUT2D eigenvalue weighted by molar-refractivity contribution is 5.98. The van der Waals surface area contributed by atoms with Crippen molar-refractivity contribution < 1.29 is 4.79 Å². The molecule has 0 amide bonds. The van der Waals surface area contributed by atoms with Crippen molar-refractivity contribution in [3.63, 3.8) is 0 Å². The monoisotopic (exact) mass is 331 g/mol. The minimum Gasteiger partial charge on any atom is -0.309 e. The molecule has 0 heterocycles. The van der Waals surface area contributed by atoms with Gasteiger partial charge < -0.3 is 4.90 Å². The van der Waals surface area contributed by atoms with Gasteiger partial charge in [-0.2, -0.15) is 0 Å². The Hall–Kier alpha value is -1.64. The maximum Gasteiger partial charge on any atom is 0.167 e. The fourth-order valence-corrected chi connectivity index (χ4v) is 3.06. The number of hydrogen-bond acceptors (Lipinski definition) is 2. The van der Waals surface area contributed by atoms with Crippen LogP contribution >= 0.6 is 12.4 Å². The smallest absolute Gasteiger partial charge is 0.167 e. The number of hydrogen-bond donors (Lipinski definition) is 0. The summed E-state index contributed by atoms with van der Waals surface area (Å²) in [7, 11) is 4.06. The number of halogens is 1. The SMILES string of the molecule is CCC(c1ccccc1)C(CN(C)C)C(=O)c1ccccc1.Cl. The molecule has 124 valence electrons. The second-order valence-electron chi connectivity index (χ2n) is 6.02. The average molecular weight is 332 g/mol. The molecule has 3 heteroatoms. The summed E-state index contributed by atoms with van der Waals surface area (Å²) in [5.74, 6) is 0.464. The number of carbonyl (C=O) groups excluding carboxylic acids is 1. The number of benzene rings is 2. The highest BCUT2D eigenvalue weighted by atomic mass is 35.5. The summed E-state index contributed by atoms with van der Waals surface area (Å²) < 4.78 is 0. The van der Waals surface area contributed by atoms with Crippen molar-refractivity contribution in [3.05, 3.63) is 71.8 Å². The minimum absolute atomic E-state index is 0. The molecule has 0 aliphatic carbocycles. The number of Topliss-reactive ketones (excluding diaryl/α,β-unsaturated/α-hetero) is 1. The molecule has 2 unspecified atom stereocenters. The van der Waals surface area contributed by atoms with Gasteiger partial charge in [0.15, 0.2) is 5.78 Å². The van der Waals surface area contributed by atoms with Crippen LogP contribution in [0.3, 0.4) is 0 Å². The van der Waals surface area contributed by atoms with Crippen LogP contribution in [0.5, 0.6) is 0 Å². The van der Waals surface area contributed by atoms with Gasteiger partial charge in [-0.1, -0.05) is 67.6 Å². The molecular formula is C20H26ClNO. The van der Waals surface area contributed by atoms with Crippen molar-refractivity contribution >= 4 is 18.2 Å². The van der Waals surface area contributed by atoms with Gasteiger partial charge in [-0.05, 0) is 32.0 Å². The van der Waals surface area contributed by atoms with Crippen molar-refractivity contribution in [3.8, 4) is 0 Å². The van der Waals surface area contributed by atoms with E-state index in [2.05, 4.69) is 36.1 Å². The number of rotatable bonds is 7. The lowest BCUT2D eigenvalue weighted by Crippen LogP contribution is -2.32. The molecule has 0 N–H and O–H groups in total. The molecule has 0 saturated carbocycles. The van der Waals surface area contributed by atoms with E-state index in [0.717, 1.165) is 18.5 Å². The van der Waals surface area contributed by atoms with Crippen LogP contribution in [0, 0.1) is 5.92 Å². The molecule has 0 bridgehead atoms. The van der Waals surface area contributed by atoms with Gasteiger partial charge in [0.05, 0.1) is 0 Å². The molecule has 0 radical (unpaired) electrons. The fourth-order valence-electron chi connectivity index (χ4n) is 3.06. The Morgan fingerprint density at radius 3 is 1.96 bits per heavy atom. The fraction of sp³-hybridized carbons (Fsp3) is 0.350. The molecule has 0 saturated heterocycles. The second-order valence-corrected chi connectivity index (χ2v) is 6.02. The van der Waals surface area contributed by atoms with E-state index in [4.69, 9.17) is 0 Å². The van der Waals surface area contributed by atoms with Crippen LogP contribution in [0.4, 0.5) is 0 Å². The first kappa shape index (κ1) is 19.4. The van der Waals surface area contributed by atoms with E-state index in [9.17, 15) is 4.79 Å². The summed E-state index contributed by atoms with van der Waals surface area (Å²) >= 11 is 0. The normalized spacial score (nSPS) is 13.2. The van der Waals surface area contributed by atoms with Crippen LogP contribution in [0.2, 0.25) is 0 Å². The largest absolute Gasteiger partial charge is 0.309 e. The number of nitrogens with zero attached hydrogens (tertiary/aromatic N) is 1. The van der Waals surface area contributed by atoms with Gasteiger partial charge in [0.25, 0.3) is 0 Å². The molecule has 0 aliphatic heterocycles. The molecular weight excluding hydrogens is 306 g/mol. The van der Waals surface area contributed by atoms with Gasteiger partial charge in [-0.15, -0.1) is 12.4 Å². The zero-order valence-corrected chi connectivity index (χ0v) is 14.9. The summed E-state index contributed by atoms with van der Waals surface area (Å²) in [5.41, 5.74) is 2.06. The van der Waals surface area contributed by atoms with Gasteiger partial charge in [0.1, 0.15) is 0 Å². The zero-order valence-electron chi connectivity index (χ0n) is 14.1. The van der Waals surface area contributed by atoms with E-state index >= 15 is 0 Å². The highest BCUT2D eigenvalue weighted by Gasteiger charge is 2.29. The predicted octanol–water partition coefficient (Wildman–Crippen LogP) is 4.66. The van der Waals surface area contributed by atoms with E-state index < -0.39 is 0 Å². The second kappa shape index (κ2) is 9.49. The molecule has 2 nitrogen and oxygen atoms in total. The summed E-state index contributed by atoms with van der Waals surface area (Å²) in [5, 5.41) is 0. The van der Waals surface area contributed by atoms with E-state index in [1.807, 2.05) is 50.5 Å². The Kier molecular flexibility index (Phi) is 8.01. The van der Waals surface area contributed by atoms with Crippen molar-refractivity contribution in [2.45, 2.75) is 19.3 Å². The van der Waals surface area contributed by atoms with Crippen LogP contribution in [-0.4, -0.2) is 31.3 Å². The van der Waals surface area contributed by atoms with E-state index in [-0.39, 0.29) is 30.0 Å². The first-order valence-corrected chi connectivity index (χ1v) is 7.92. The maximum atomic E-state index is 13.0. The summed E-state index contributed by atoms with van der Waals surface area (Å²) in [6.07, 6.45) is 0.959. The topological polar surface area (TPSA) is 20.3 Å². The molecule has 2 rings (SSSR count). The zero-order chi connectivity index (χ0) is 15.9. The number of carbonyl (C=O) groups is 1. The molecule has 0 spiro atoms. The summed E-state index contributed by atoms with van der Waals surface area (Å²) in [4.78, 5) is 15.1. The Balaban J connectivity index is 0.00000264. The lowest BCUT2D eigenvalue weighted by molar-refractivity contribution is 0.0870. The Morgan fingerprint density at radius 2 is 1.48 bits per heavy atom. The molecule has 0 aliphatic rings. The van der Waals surface area contributed by atoms with E-state index in [1.165, 1.54) is 5.56 Å². The van der Waals surface area contributed by atoms with Gasteiger partial charge in [0, 0.05) is 18.0 Å². The summed E-state index contributed by atoms with van der Waals surface area (Å²) in [6.45, 7) is 2.93. The van der Waals surface area contributed by atoms with Crippen molar-refractivity contribution in [1.29, 1.82) is 0 Å². The van der Waals surface area contributed by atoms with Gasteiger partial charge in [0.2, 0.25) is 0 Å². The predicted molar refractivity (Wildman–Crippen MR) is 99.5 cm³/mol. The minimum atomic E-state index is -0.0233. The third-order valence-electron chi connectivity index (χ3n) is 4.11. The van der Waals surface area contributed by atoms with E-state index in [0.29, 0.717) is 0 Å². The van der Waals surface area contributed by atoms with Crippen LogP contribution in [0.15, 0.2) is 60.7 Å². The average Bonchev–Trinajstić information content (AvgIpc) is 2.55. The Morgan fingerprint density at radius 1 is 0.957 bits per heavy atom. The molecule has 2 aromatic rings. The van der Waals surface area contributed by atoms with E-state index in [1.54, 1.807) is 0 Å². The quantitative estimate of drug-likeness (QED) is 0.687. The standard InChI is InChI=1S/C20H25NO.ClH/c1-4-18(16-11-7-5-8-12-16)19(15-21(2)3)20(22)17-13-9-6-10-14-17;/h5-14,18-19H,4,15H2,1-3H3;1H. The molecule has 2 aromatic carbocycles. The highest BCUT2D eigenvalue weighted by Crippen LogP contribution is 2.31. The van der Waals surface area contributed by atoms with Gasteiger partial charge in [-0.3, -0.25) is 4.79 Å². The lowest BCUT2D eigenvalue weighted by Gasteiger charge is -2.28. The molecule has 0 fully saturated rings. The van der Waals surface area contributed by atoms with Crippen LogP contribution in [0.25, 0.3) is 0 Å². The summed E-state index contributed by atoms with van der Waals surface area (Å²) in [6, 6.07) is 20.1. The van der Waals surface area contributed by atoms with Crippen molar-refractivity contribution in [2.24, 2.45) is 5.92 Å². The van der Waals surface area contributed by atoms with Crippen LogP contribution in [0.1, 0.15) is 35.2 Å². The van der Waals surface area contributed by atoms with Crippen LogP contribution in [-0.2, 0) is 0 Å². The maximum absolute atomic E-state index is 13.0. The molecule has 0 aromatic heterocycles. The molecule has 2 atom stereocenters. The lowest BCUT2D eigenvalue weighted by atomic mass is 9.79. The van der Waals surface area contributed by atoms with Gasteiger partial charge >= 0.3 is 0 Å². The Labute approximate surface area is 145 Å². The van der Waals surface area contributed by atoms with Crippen molar-refractivity contribution in [1.82, 2.24) is 4.90 Å². The van der Waals surface area contributed by atoms with Crippen LogP contribution < -0.4 is 0 Å². The molecule has 23 heavy (non-hydrogen) atoms. The third kappa shape index (κ3) is 5.19. The third-order valence-corrected chi connectivity index (χ3v) is 4.11. The Bertz CT molecular complexity index is 583.